The van der Waals surface area contributed by atoms with Crippen molar-refractivity contribution in [3.05, 3.63) is 40.3 Å². The molecule has 0 fully saturated rings. The van der Waals surface area contributed by atoms with Gasteiger partial charge in [0.15, 0.2) is 0 Å². The van der Waals surface area contributed by atoms with Crippen LogP contribution in [0.1, 0.15) is 17.1 Å². The van der Waals surface area contributed by atoms with Crippen LogP contribution in [0, 0.1) is 6.92 Å². The Morgan fingerprint density at radius 1 is 1.22 bits per heavy atom. The van der Waals surface area contributed by atoms with E-state index in [0.717, 1.165) is 11.0 Å². The lowest BCUT2D eigenvalue weighted by Gasteiger charge is -2.17. The van der Waals surface area contributed by atoms with Gasteiger partial charge in [-0.05, 0) is 25.1 Å². The van der Waals surface area contributed by atoms with E-state index < -0.39 is 0 Å². The lowest BCUT2D eigenvalue weighted by molar-refractivity contribution is -0.129. The molecule has 2 aromatic heterocycles. The fourth-order valence-corrected chi connectivity index (χ4v) is 2.89. The monoisotopic (exact) mass is 389 g/mol. The Morgan fingerprint density at radius 2 is 2.00 bits per heavy atom. The summed E-state index contributed by atoms with van der Waals surface area (Å²) in [7, 11) is 4.69. The van der Waals surface area contributed by atoms with Crippen molar-refractivity contribution in [3.63, 3.8) is 0 Å². The third-order valence-electron chi connectivity index (χ3n) is 4.17. The summed E-state index contributed by atoms with van der Waals surface area (Å²) >= 11 is 5.99. The number of nitrogens with zero attached hydrogens (tertiary/aromatic N) is 4. The molecule has 8 nitrogen and oxygen atoms in total. The van der Waals surface area contributed by atoms with Gasteiger partial charge in [-0.2, -0.15) is 4.98 Å². The number of nitrogens with one attached hydrogen (secondary N) is 1. The first-order valence-electron chi connectivity index (χ1n) is 8.25. The molecule has 142 valence electrons. The van der Waals surface area contributed by atoms with Gasteiger partial charge < -0.3 is 19.4 Å². The van der Waals surface area contributed by atoms with E-state index in [1.807, 2.05) is 6.07 Å². The highest BCUT2D eigenvalue weighted by molar-refractivity contribution is 6.31. The zero-order valence-corrected chi connectivity index (χ0v) is 16.3. The standard InChI is InChI=1S/C18H20ClN5O3/c1-10-12(17(26-3)23-18(20-10)27-4)8-16(25)24(2)9-15-21-13-6-5-11(19)7-14(13)22-15/h5-7H,8-9H2,1-4H3,(H,21,22). The molecule has 1 aromatic carbocycles. The minimum Gasteiger partial charge on any atom is -0.481 e. The van der Waals surface area contributed by atoms with Crippen molar-refractivity contribution in [1.29, 1.82) is 0 Å². The van der Waals surface area contributed by atoms with Crippen molar-refractivity contribution in [3.8, 4) is 11.9 Å². The lowest BCUT2D eigenvalue weighted by atomic mass is 10.1. The summed E-state index contributed by atoms with van der Waals surface area (Å²) < 4.78 is 10.3. The molecule has 3 rings (SSSR count). The molecule has 0 saturated carbocycles. The van der Waals surface area contributed by atoms with Crippen molar-refractivity contribution in [2.45, 2.75) is 19.9 Å². The van der Waals surface area contributed by atoms with E-state index in [2.05, 4.69) is 19.9 Å². The summed E-state index contributed by atoms with van der Waals surface area (Å²) in [5, 5.41) is 0.629. The maximum atomic E-state index is 12.7. The molecule has 0 aliphatic rings. The normalized spacial score (nSPS) is 10.9. The van der Waals surface area contributed by atoms with Crippen molar-refractivity contribution in [2.24, 2.45) is 0 Å². The number of amides is 1. The summed E-state index contributed by atoms with van der Waals surface area (Å²) in [5.41, 5.74) is 2.90. The van der Waals surface area contributed by atoms with Crippen molar-refractivity contribution < 1.29 is 14.3 Å². The summed E-state index contributed by atoms with van der Waals surface area (Å²) in [6, 6.07) is 5.62. The van der Waals surface area contributed by atoms with Gasteiger partial charge in [0.2, 0.25) is 11.8 Å². The zero-order chi connectivity index (χ0) is 19.6. The third-order valence-corrected chi connectivity index (χ3v) is 4.40. The molecule has 0 atom stereocenters. The average molecular weight is 390 g/mol. The number of aryl methyl sites for hydroxylation is 1. The molecule has 0 spiro atoms. The molecule has 0 unspecified atom stereocenters. The second-order valence-corrected chi connectivity index (χ2v) is 6.49. The van der Waals surface area contributed by atoms with Gasteiger partial charge in [-0.1, -0.05) is 11.6 Å². The van der Waals surface area contributed by atoms with Gasteiger partial charge >= 0.3 is 6.01 Å². The van der Waals surface area contributed by atoms with Gasteiger partial charge in [-0.3, -0.25) is 4.79 Å². The predicted molar refractivity (Wildman–Crippen MR) is 101 cm³/mol. The quantitative estimate of drug-likeness (QED) is 0.696. The van der Waals surface area contributed by atoms with Crippen LogP contribution in [0.15, 0.2) is 18.2 Å². The maximum Gasteiger partial charge on any atom is 0.319 e. The van der Waals surface area contributed by atoms with Gasteiger partial charge in [0.1, 0.15) is 5.82 Å². The number of ether oxygens (including phenoxy) is 2. The van der Waals surface area contributed by atoms with Gasteiger partial charge in [-0.15, -0.1) is 0 Å². The first kappa shape index (κ1) is 18.9. The van der Waals surface area contributed by atoms with Gasteiger partial charge in [0, 0.05) is 17.6 Å². The molecule has 9 heteroatoms. The number of aromatic amines is 1. The first-order valence-corrected chi connectivity index (χ1v) is 8.62. The predicted octanol–water partition coefficient (Wildman–Crippen LogP) is 2.53. The molecular weight excluding hydrogens is 370 g/mol. The van der Waals surface area contributed by atoms with E-state index in [1.54, 1.807) is 31.0 Å². The molecule has 0 aliphatic carbocycles. The molecule has 0 aliphatic heterocycles. The van der Waals surface area contributed by atoms with E-state index in [1.165, 1.54) is 14.2 Å². The van der Waals surface area contributed by atoms with E-state index in [9.17, 15) is 4.79 Å². The molecule has 0 saturated heterocycles. The molecule has 1 N–H and O–H groups in total. The Kier molecular flexibility index (Phi) is 5.46. The Morgan fingerprint density at radius 3 is 2.70 bits per heavy atom. The lowest BCUT2D eigenvalue weighted by Crippen LogP contribution is -2.28. The number of imidazole rings is 1. The number of benzene rings is 1. The van der Waals surface area contributed by atoms with Crippen LogP contribution in [0.5, 0.6) is 11.9 Å². The number of methoxy groups -OCH3 is 2. The van der Waals surface area contributed by atoms with Gasteiger partial charge in [0.25, 0.3) is 0 Å². The Labute approximate surface area is 161 Å². The fraction of sp³-hybridized carbons (Fsp3) is 0.333. The summed E-state index contributed by atoms with van der Waals surface area (Å²) in [6.07, 6.45) is 0.113. The van der Waals surface area contributed by atoms with Gasteiger partial charge in [-0.25, -0.2) is 9.97 Å². The highest BCUT2D eigenvalue weighted by atomic mass is 35.5. The van der Waals surface area contributed by atoms with Crippen LogP contribution in [0.3, 0.4) is 0 Å². The van der Waals surface area contributed by atoms with Crippen LogP contribution in [-0.4, -0.2) is 52.0 Å². The number of carbonyl (C=O) groups excluding carboxylic acids is 1. The maximum absolute atomic E-state index is 12.7. The summed E-state index contributed by atoms with van der Waals surface area (Å²) in [5.74, 6) is 0.904. The summed E-state index contributed by atoms with van der Waals surface area (Å²) in [6.45, 7) is 2.13. The second kappa shape index (κ2) is 7.79. The second-order valence-electron chi connectivity index (χ2n) is 6.06. The van der Waals surface area contributed by atoms with Crippen LogP contribution in [0.2, 0.25) is 5.02 Å². The van der Waals surface area contributed by atoms with Crippen molar-refractivity contribution >= 4 is 28.5 Å². The van der Waals surface area contributed by atoms with Gasteiger partial charge in [0.05, 0.1) is 43.9 Å². The zero-order valence-electron chi connectivity index (χ0n) is 15.5. The van der Waals surface area contributed by atoms with E-state index in [0.29, 0.717) is 34.5 Å². The fourth-order valence-electron chi connectivity index (χ4n) is 2.72. The number of rotatable bonds is 6. The number of likely N-dealkylation sites (N-methyl/N-ethyl adjacent to an activating group) is 1. The molecular formula is C18H20ClN5O3. The molecule has 0 radical (unpaired) electrons. The smallest absolute Gasteiger partial charge is 0.319 e. The number of H-pyrrole nitrogens is 1. The largest absolute Gasteiger partial charge is 0.481 e. The van der Waals surface area contributed by atoms with Crippen LogP contribution in [0.4, 0.5) is 0 Å². The minimum absolute atomic E-state index is 0.108. The van der Waals surface area contributed by atoms with Crippen LogP contribution in [-0.2, 0) is 17.8 Å². The van der Waals surface area contributed by atoms with E-state index in [4.69, 9.17) is 21.1 Å². The van der Waals surface area contributed by atoms with E-state index >= 15 is 0 Å². The Bertz CT molecular complexity index is 989. The van der Waals surface area contributed by atoms with E-state index in [-0.39, 0.29) is 18.3 Å². The molecule has 27 heavy (non-hydrogen) atoms. The van der Waals surface area contributed by atoms with Crippen LogP contribution < -0.4 is 9.47 Å². The Balaban J connectivity index is 1.75. The number of hydrogen-bond donors (Lipinski definition) is 1. The molecule has 0 bridgehead atoms. The first-order chi connectivity index (χ1) is 12.9. The average Bonchev–Trinajstić information content (AvgIpc) is 3.04. The third kappa shape index (κ3) is 4.11. The number of carbonyl (C=O) groups is 1. The van der Waals surface area contributed by atoms with Crippen LogP contribution >= 0.6 is 11.6 Å². The number of hydrogen-bond acceptors (Lipinski definition) is 6. The Hall–Kier alpha value is -2.87. The SMILES string of the molecule is COc1nc(C)c(CC(=O)N(C)Cc2nc3ccc(Cl)cc3[nH]2)c(OC)n1. The van der Waals surface area contributed by atoms with Crippen molar-refractivity contribution in [2.75, 3.05) is 21.3 Å². The highest BCUT2D eigenvalue weighted by Crippen LogP contribution is 2.23. The molecule has 1 amide bonds. The topological polar surface area (TPSA) is 93.2 Å². The van der Waals surface area contributed by atoms with Crippen LogP contribution in [0.25, 0.3) is 11.0 Å². The number of halogens is 1. The number of fused-ring (bicyclic) bond motifs is 1. The molecule has 3 aromatic rings. The minimum atomic E-state index is -0.108. The highest BCUT2D eigenvalue weighted by Gasteiger charge is 2.19. The van der Waals surface area contributed by atoms with Crippen molar-refractivity contribution in [1.82, 2.24) is 24.8 Å². The molecule has 2 heterocycles. The summed E-state index contributed by atoms with van der Waals surface area (Å²) in [4.78, 5) is 30.3. The number of aromatic nitrogens is 4.